The van der Waals surface area contributed by atoms with Crippen LogP contribution in [-0.2, 0) is 0 Å². The predicted molar refractivity (Wildman–Crippen MR) is 65.4 cm³/mol. The minimum absolute atomic E-state index is 0.690. The lowest BCUT2D eigenvalue weighted by atomic mass is 10.1. The molecule has 2 rings (SSSR count). The van der Waals surface area contributed by atoms with Crippen LogP contribution in [0.25, 0.3) is 11.3 Å². The van der Waals surface area contributed by atoms with Crippen LogP contribution in [0.3, 0.4) is 0 Å². The summed E-state index contributed by atoms with van der Waals surface area (Å²) in [6.07, 6.45) is 0.863. The number of halogens is 1. The molecule has 4 heteroatoms. The van der Waals surface area contributed by atoms with Crippen molar-refractivity contribution in [3.63, 3.8) is 0 Å². The number of carbonyl (C=O) groups is 1. The van der Waals surface area contributed by atoms with Crippen LogP contribution in [-0.4, -0.2) is 11.3 Å². The average molecular weight is 282 g/mol. The maximum atomic E-state index is 10.8. The molecule has 0 aliphatic carbocycles. The van der Waals surface area contributed by atoms with Crippen molar-refractivity contribution >= 4 is 33.6 Å². The first-order valence-corrected chi connectivity index (χ1v) is 6.00. The van der Waals surface area contributed by atoms with Crippen LogP contribution in [0.4, 0.5) is 0 Å². The summed E-state index contributed by atoms with van der Waals surface area (Å²) in [6.45, 7) is 1.90. The third kappa shape index (κ3) is 2.16. The number of aryl methyl sites for hydroxylation is 1. The molecule has 76 valence electrons. The molecule has 0 fully saturated rings. The van der Waals surface area contributed by atoms with E-state index in [-0.39, 0.29) is 0 Å². The van der Waals surface area contributed by atoms with Gasteiger partial charge in [0.15, 0.2) is 6.29 Å². The Labute approximate surface area is 100 Å². The standard InChI is InChI=1S/C11H8BrNOS/c1-7-13-11(10(6-14)15-7)8-2-4-9(12)5-3-8/h2-6H,1H3. The minimum atomic E-state index is 0.690. The lowest BCUT2D eigenvalue weighted by Gasteiger charge is -1.97. The van der Waals surface area contributed by atoms with E-state index in [4.69, 9.17) is 0 Å². The number of aromatic nitrogens is 1. The van der Waals surface area contributed by atoms with E-state index in [1.54, 1.807) is 0 Å². The monoisotopic (exact) mass is 281 g/mol. The molecule has 0 saturated heterocycles. The third-order valence-corrected chi connectivity index (χ3v) is 3.41. The molecule has 0 aliphatic heterocycles. The van der Waals surface area contributed by atoms with Gasteiger partial charge in [0, 0.05) is 10.0 Å². The van der Waals surface area contributed by atoms with E-state index >= 15 is 0 Å². The van der Waals surface area contributed by atoms with E-state index in [2.05, 4.69) is 20.9 Å². The molecule has 0 N–H and O–H groups in total. The summed E-state index contributed by atoms with van der Waals surface area (Å²) in [4.78, 5) is 15.9. The Morgan fingerprint density at radius 3 is 2.60 bits per heavy atom. The topological polar surface area (TPSA) is 30.0 Å². The Morgan fingerprint density at radius 2 is 2.00 bits per heavy atom. The van der Waals surface area contributed by atoms with Crippen molar-refractivity contribution in [3.8, 4) is 11.3 Å². The Bertz CT molecular complexity index is 490. The molecule has 0 unspecified atom stereocenters. The number of carbonyl (C=O) groups excluding carboxylic acids is 1. The molecule has 15 heavy (non-hydrogen) atoms. The highest BCUT2D eigenvalue weighted by molar-refractivity contribution is 9.10. The lowest BCUT2D eigenvalue weighted by molar-refractivity contribution is 0.112. The van der Waals surface area contributed by atoms with Gasteiger partial charge >= 0.3 is 0 Å². The smallest absolute Gasteiger partial charge is 0.162 e. The zero-order valence-corrected chi connectivity index (χ0v) is 10.4. The molecule has 0 atom stereocenters. The second-order valence-corrected chi connectivity index (χ2v) is 5.22. The van der Waals surface area contributed by atoms with Crippen molar-refractivity contribution < 1.29 is 4.79 Å². The largest absolute Gasteiger partial charge is 0.297 e. The lowest BCUT2D eigenvalue weighted by Crippen LogP contribution is -1.83. The predicted octanol–water partition coefficient (Wildman–Crippen LogP) is 3.69. The van der Waals surface area contributed by atoms with E-state index in [1.165, 1.54) is 11.3 Å². The molecule has 1 heterocycles. The second-order valence-electron chi connectivity index (χ2n) is 3.07. The van der Waals surface area contributed by atoms with Crippen molar-refractivity contribution in [1.82, 2.24) is 4.98 Å². The first-order chi connectivity index (χ1) is 7.20. The minimum Gasteiger partial charge on any atom is -0.297 e. The highest BCUT2D eigenvalue weighted by Gasteiger charge is 2.09. The second kappa shape index (κ2) is 4.24. The first-order valence-electron chi connectivity index (χ1n) is 4.39. The summed E-state index contributed by atoms with van der Waals surface area (Å²) in [5, 5.41) is 0.912. The number of nitrogens with zero attached hydrogens (tertiary/aromatic N) is 1. The number of hydrogen-bond acceptors (Lipinski definition) is 3. The zero-order chi connectivity index (χ0) is 10.8. The van der Waals surface area contributed by atoms with Gasteiger partial charge in [-0.2, -0.15) is 0 Å². The fourth-order valence-corrected chi connectivity index (χ4v) is 2.37. The Balaban J connectivity index is 2.52. The van der Waals surface area contributed by atoms with Gasteiger partial charge in [-0.05, 0) is 19.1 Å². The maximum absolute atomic E-state index is 10.8. The van der Waals surface area contributed by atoms with Gasteiger partial charge in [0.2, 0.25) is 0 Å². The van der Waals surface area contributed by atoms with E-state index in [9.17, 15) is 4.79 Å². The molecule has 0 amide bonds. The summed E-state index contributed by atoms with van der Waals surface area (Å²) >= 11 is 4.79. The fraction of sp³-hybridized carbons (Fsp3) is 0.0909. The van der Waals surface area contributed by atoms with Crippen LogP contribution in [0.1, 0.15) is 14.7 Å². The summed E-state index contributed by atoms with van der Waals surface area (Å²) in [7, 11) is 0. The molecule has 1 aromatic carbocycles. The highest BCUT2D eigenvalue weighted by Crippen LogP contribution is 2.27. The van der Waals surface area contributed by atoms with Crippen molar-refractivity contribution in [1.29, 1.82) is 0 Å². The molecule has 0 bridgehead atoms. The number of benzene rings is 1. The molecule has 0 spiro atoms. The Morgan fingerprint density at radius 1 is 1.33 bits per heavy atom. The third-order valence-electron chi connectivity index (χ3n) is 1.99. The number of thiazole rings is 1. The Kier molecular flexibility index (Phi) is 2.98. The normalized spacial score (nSPS) is 10.3. The van der Waals surface area contributed by atoms with Crippen LogP contribution < -0.4 is 0 Å². The number of rotatable bonds is 2. The van der Waals surface area contributed by atoms with Gasteiger partial charge in [-0.25, -0.2) is 4.98 Å². The molecular weight excluding hydrogens is 274 g/mol. The summed E-state index contributed by atoms with van der Waals surface area (Å²) in [5.74, 6) is 0. The van der Waals surface area contributed by atoms with Gasteiger partial charge in [-0.1, -0.05) is 28.1 Å². The maximum Gasteiger partial charge on any atom is 0.162 e. The van der Waals surface area contributed by atoms with Gasteiger partial charge in [0.05, 0.1) is 15.6 Å². The van der Waals surface area contributed by atoms with Crippen LogP contribution >= 0.6 is 27.3 Å². The van der Waals surface area contributed by atoms with Gasteiger partial charge in [0.25, 0.3) is 0 Å². The molecular formula is C11H8BrNOS. The van der Waals surface area contributed by atoms with Crippen molar-refractivity contribution in [3.05, 3.63) is 38.6 Å². The SMILES string of the molecule is Cc1nc(-c2ccc(Br)cc2)c(C=O)s1. The summed E-state index contributed by atoms with van der Waals surface area (Å²) in [5.41, 5.74) is 1.75. The summed E-state index contributed by atoms with van der Waals surface area (Å²) in [6, 6.07) is 7.79. The molecule has 1 aromatic heterocycles. The first kappa shape index (κ1) is 10.5. The van der Waals surface area contributed by atoms with Crippen LogP contribution in [0, 0.1) is 6.92 Å². The van der Waals surface area contributed by atoms with Crippen molar-refractivity contribution in [2.24, 2.45) is 0 Å². The van der Waals surface area contributed by atoms with Gasteiger partial charge in [-0.15, -0.1) is 11.3 Å². The van der Waals surface area contributed by atoms with Crippen molar-refractivity contribution in [2.75, 3.05) is 0 Å². The number of hydrogen-bond donors (Lipinski definition) is 0. The van der Waals surface area contributed by atoms with E-state index in [1.807, 2.05) is 31.2 Å². The van der Waals surface area contributed by atoms with Crippen LogP contribution in [0.5, 0.6) is 0 Å². The quantitative estimate of drug-likeness (QED) is 0.786. The number of aldehydes is 1. The molecule has 0 aliphatic rings. The molecule has 2 aromatic rings. The summed E-state index contributed by atoms with van der Waals surface area (Å²) < 4.78 is 1.02. The fourth-order valence-electron chi connectivity index (χ4n) is 1.34. The van der Waals surface area contributed by atoms with Crippen LogP contribution in [0.2, 0.25) is 0 Å². The van der Waals surface area contributed by atoms with E-state index in [0.717, 1.165) is 27.0 Å². The van der Waals surface area contributed by atoms with Crippen molar-refractivity contribution in [2.45, 2.75) is 6.92 Å². The average Bonchev–Trinajstić information content (AvgIpc) is 2.61. The Hall–Kier alpha value is -1.00. The highest BCUT2D eigenvalue weighted by atomic mass is 79.9. The molecule has 0 radical (unpaired) electrons. The molecule has 0 saturated carbocycles. The van der Waals surface area contributed by atoms with Crippen LogP contribution in [0.15, 0.2) is 28.7 Å². The van der Waals surface area contributed by atoms with Gasteiger partial charge < -0.3 is 0 Å². The molecule has 2 nitrogen and oxygen atoms in total. The van der Waals surface area contributed by atoms with Gasteiger partial charge in [0.1, 0.15) is 0 Å². The van der Waals surface area contributed by atoms with E-state index in [0.29, 0.717) is 4.88 Å². The van der Waals surface area contributed by atoms with Gasteiger partial charge in [-0.3, -0.25) is 4.79 Å². The van der Waals surface area contributed by atoms with E-state index < -0.39 is 0 Å². The zero-order valence-electron chi connectivity index (χ0n) is 8.03.